The number of rotatable bonds is 10. The molecule has 2 N–H and O–H groups in total. The number of nitrogens with one attached hydrogen (secondary N) is 1. The van der Waals surface area contributed by atoms with Crippen molar-refractivity contribution in [2.75, 3.05) is 31.6 Å². The summed E-state index contributed by atoms with van der Waals surface area (Å²) in [5.41, 5.74) is 4.79. The number of ether oxygens (including phenoxy) is 2. The number of benzene rings is 2. The van der Waals surface area contributed by atoms with E-state index in [9.17, 15) is 4.79 Å². The Morgan fingerprint density at radius 3 is 2.69 bits per heavy atom. The molecule has 35 heavy (non-hydrogen) atoms. The number of carbonyl (C=O) groups is 1. The zero-order valence-corrected chi connectivity index (χ0v) is 20.8. The zero-order chi connectivity index (χ0) is 24.7. The number of hydrogen-bond donors (Lipinski definition) is 2. The molecule has 1 fully saturated rings. The van der Waals surface area contributed by atoms with Crippen molar-refractivity contribution in [2.24, 2.45) is 0 Å². The van der Waals surface area contributed by atoms with Gasteiger partial charge in [-0.2, -0.15) is 0 Å². The largest absolute Gasteiger partial charge is 0.492 e. The Labute approximate surface area is 208 Å². The van der Waals surface area contributed by atoms with E-state index in [1.165, 1.54) is 11.1 Å². The maximum atomic E-state index is 10.9. The summed E-state index contributed by atoms with van der Waals surface area (Å²) >= 11 is 0. The average molecular weight is 477 g/mol. The fraction of sp³-hybridized carbons (Fsp3) is 0.414. The highest BCUT2D eigenvalue weighted by Gasteiger charge is 2.43. The molecule has 0 atom stereocenters. The maximum Gasteiger partial charge on any atom is 0.304 e. The summed E-state index contributed by atoms with van der Waals surface area (Å²) in [6.07, 6.45) is 9.33. The Hall–Kier alpha value is -3.25. The molecular weight excluding hydrogens is 440 g/mol. The van der Waals surface area contributed by atoms with E-state index in [4.69, 9.17) is 14.6 Å². The third-order valence-corrected chi connectivity index (χ3v) is 7.13. The van der Waals surface area contributed by atoms with Gasteiger partial charge in [0, 0.05) is 35.5 Å². The number of nitrogens with zero attached hydrogens (tertiary/aromatic N) is 1. The van der Waals surface area contributed by atoms with E-state index < -0.39 is 5.97 Å². The molecule has 0 aliphatic carbocycles. The van der Waals surface area contributed by atoms with Crippen molar-refractivity contribution in [2.45, 2.75) is 51.6 Å². The van der Waals surface area contributed by atoms with Crippen LogP contribution in [0.5, 0.6) is 11.5 Å². The van der Waals surface area contributed by atoms with Gasteiger partial charge in [0.2, 0.25) is 0 Å². The van der Waals surface area contributed by atoms with Crippen LogP contribution in [0, 0.1) is 0 Å². The fourth-order valence-corrected chi connectivity index (χ4v) is 4.65. The Morgan fingerprint density at radius 2 is 1.97 bits per heavy atom. The molecule has 1 saturated heterocycles. The highest BCUT2D eigenvalue weighted by molar-refractivity contribution is 5.66. The van der Waals surface area contributed by atoms with Gasteiger partial charge in [0.1, 0.15) is 18.1 Å². The van der Waals surface area contributed by atoms with Crippen molar-refractivity contribution in [3.05, 3.63) is 77.5 Å². The van der Waals surface area contributed by atoms with Gasteiger partial charge < -0.3 is 24.8 Å². The molecule has 0 saturated carbocycles. The monoisotopic (exact) mass is 476 g/mol. The molecule has 0 bridgehead atoms. The minimum Gasteiger partial charge on any atom is -0.492 e. The van der Waals surface area contributed by atoms with Crippen LogP contribution in [-0.4, -0.2) is 42.2 Å². The first kappa shape index (κ1) is 24.9. The van der Waals surface area contributed by atoms with Crippen LogP contribution < -0.4 is 14.8 Å². The van der Waals surface area contributed by atoms with E-state index in [1.54, 1.807) is 0 Å². The molecule has 2 aliphatic heterocycles. The van der Waals surface area contributed by atoms with Gasteiger partial charge in [-0.15, -0.1) is 0 Å². The van der Waals surface area contributed by atoms with Crippen molar-refractivity contribution in [1.29, 1.82) is 0 Å². The van der Waals surface area contributed by atoms with Crippen LogP contribution in [0.25, 0.3) is 0 Å². The Kier molecular flexibility index (Phi) is 8.13. The Balaban J connectivity index is 1.29. The number of likely N-dealkylation sites (tertiary alicyclic amines) is 1. The molecule has 2 heterocycles. The summed E-state index contributed by atoms with van der Waals surface area (Å²) < 4.78 is 12.1. The third-order valence-electron chi connectivity index (χ3n) is 7.13. The van der Waals surface area contributed by atoms with Crippen LogP contribution in [0.2, 0.25) is 0 Å². The van der Waals surface area contributed by atoms with Crippen LogP contribution in [0.15, 0.2) is 66.4 Å². The van der Waals surface area contributed by atoms with E-state index >= 15 is 0 Å². The summed E-state index contributed by atoms with van der Waals surface area (Å²) in [6, 6.07) is 14.4. The van der Waals surface area contributed by atoms with Crippen LogP contribution in [0.1, 0.15) is 50.7 Å². The van der Waals surface area contributed by atoms with Gasteiger partial charge in [0.05, 0.1) is 13.0 Å². The summed E-state index contributed by atoms with van der Waals surface area (Å²) in [5, 5.41) is 12.2. The number of hydrogen-bond acceptors (Lipinski definition) is 5. The summed E-state index contributed by atoms with van der Waals surface area (Å²) in [5.74, 6) is 0.991. The molecule has 6 heteroatoms. The predicted octanol–water partition coefficient (Wildman–Crippen LogP) is 5.75. The third kappa shape index (κ3) is 6.45. The number of carboxylic acid groups (broad SMARTS) is 1. The normalized spacial score (nSPS) is 17.4. The van der Waals surface area contributed by atoms with Gasteiger partial charge in [-0.05, 0) is 69.1 Å². The minimum absolute atomic E-state index is 0.0376. The van der Waals surface area contributed by atoms with Crippen molar-refractivity contribution in [3.8, 4) is 11.5 Å². The number of aliphatic carboxylic acids is 1. The summed E-state index contributed by atoms with van der Waals surface area (Å²) in [4.78, 5) is 13.1. The summed E-state index contributed by atoms with van der Waals surface area (Å²) in [6.45, 7) is 7.90. The van der Waals surface area contributed by atoms with Crippen molar-refractivity contribution in [1.82, 2.24) is 4.90 Å². The molecule has 0 unspecified atom stereocenters. The lowest BCUT2D eigenvalue weighted by Crippen LogP contribution is -2.44. The van der Waals surface area contributed by atoms with Crippen molar-refractivity contribution < 1.29 is 19.4 Å². The Morgan fingerprint density at radius 1 is 1.20 bits per heavy atom. The van der Waals surface area contributed by atoms with E-state index in [-0.39, 0.29) is 11.8 Å². The SMILES string of the molecule is CC/C(C)=C/C=C\Nc1ccc(COc2ccc3c(c2)OCC32CCN(CCC(=O)O)CC2)cc1. The van der Waals surface area contributed by atoms with E-state index in [0.29, 0.717) is 19.8 Å². The van der Waals surface area contributed by atoms with Crippen molar-refractivity contribution in [3.63, 3.8) is 0 Å². The van der Waals surface area contributed by atoms with Gasteiger partial charge in [-0.1, -0.05) is 36.8 Å². The standard InChI is InChI=1S/C29H36N2O4/c1-3-22(2)5-4-15-30-24-8-6-23(7-9-24)20-34-25-10-11-26-27(19-25)35-21-29(26)13-17-31(18-14-29)16-12-28(32)33/h4-11,15,19,30H,3,12-14,16-18,20-21H2,1-2H3,(H,32,33)/b15-4-,22-5+. The second kappa shape index (κ2) is 11.5. The lowest BCUT2D eigenvalue weighted by atomic mass is 9.74. The van der Waals surface area contributed by atoms with Crippen LogP contribution in [-0.2, 0) is 16.8 Å². The number of carboxylic acids is 1. The van der Waals surface area contributed by atoms with E-state index in [2.05, 4.69) is 60.5 Å². The average Bonchev–Trinajstić information content (AvgIpc) is 3.22. The Bertz CT molecular complexity index is 1070. The van der Waals surface area contributed by atoms with Gasteiger partial charge in [-0.25, -0.2) is 0 Å². The molecule has 0 aromatic heterocycles. The van der Waals surface area contributed by atoms with Crippen LogP contribution in [0.4, 0.5) is 5.69 Å². The zero-order valence-electron chi connectivity index (χ0n) is 20.8. The number of piperidine rings is 1. The summed E-state index contributed by atoms with van der Waals surface area (Å²) in [7, 11) is 0. The first-order valence-electron chi connectivity index (χ1n) is 12.5. The molecule has 2 aromatic rings. The second-order valence-electron chi connectivity index (χ2n) is 9.57. The topological polar surface area (TPSA) is 71.0 Å². The van der Waals surface area contributed by atoms with Crippen LogP contribution in [0.3, 0.4) is 0 Å². The smallest absolute Gasteiger partial charge is 0.304 e. The minimum atomic E-state index is -0.734. The molecule has 0 radical (unpaired) electrons. The van der Waals surface area contributed by atoms with Crippen molar-refractivity contribution >= 4 is 11.7 Å². The van der Waals surface area contributed by atoms with E-state index in [1.807, 2.05) is 24.4 Å². The lowest BCUT2D eigenvalue weighted by Gasteiger charge is -2.38. The van der Waals surface area contributed by atoms with Gasteiger partial charge >= 0.3 is 5.97 Å². The predicted molar refractivity (Wildman–Crippen MR) is 139 cm³/mol. The lowest BCUT2D eigenvalue weighted by molar-refractivity contribution is -0.137. The molecule has 2 aliphatic rings. The molecule has 1 spiro atoms. The molecule has 4 rings (SSSR count). The number of allylic oxidation sites excluding steroid dienone is 3. The highest BCUT2D eigenvalue weighted by atomic mass is 16.5. The molecular formula is C29H36N2O4. The molecule has 0 amide bonds. The van der Waals surface area contributed by atoms with Gasteiger partial charge in [0.25, 0.3) is 0 Å². The second-order valence-corrected chi connectivity index (χ2v) is 9.57. The highest BCUT2D eigenvalue weighted by Crippen LogP contribution is 2.46. The van der Waals surface area contributed by atoms with Gasteiger partial charge in [0.15, 0.2) is 0 Å². The fourth-order valence-electron chi connectivity index (χ4n) is 4.65. The molecule has 2 aromatic carbocycles. The quantitative estimate of drug-likeness (QED) is 0.426. The molecule has 6 nitrogen and oxygen atoms in total. The first-order chi connectivity index (χ1) is 17.0. The van der Waals surface area contributed by atoms with E-state index in [0.717, 1.165) is 55.1 Å². The maximum absolute atomic E-state index is 10.9. The van der Waals surface area contributed by atoms with Crippen LogP contribution >= 0.6 is 0 Å². The molecule has 186 valence electrons. The number of anilines is 1. The number of fused-ring (bicyclic) bond motifs is 2. The first-order valence-corrected chi connectivity index (χ1v) is 12.5. The van der Waals surface area contributed by atoms with Gasteiger partial charge in [-0.3, -0.25) is 4.79 Å².